The molecule has 0 saturated heterocycles. The van der Waals surface area contributed by atoms with E-state index in [9.17, 15) is 9.59 Å². The number of anilines is 2. The third-order valence-corrected chi connectivity index (χ3v) is 4.02. The lowest BCUT2D eigenvalue weighted by atomic mass is 10.2. The van der Waals surface area contributed by atoms with E-state index in [1.165, 1.54) is 0 Å². The number of carbonyl (C=O) groups is 2. The number of amides is 2. The number of hydrogen-bond acceptors (Lipinski definition) is 5. The molecule has 9 heteroatoms. The summed E-state index contributed by atoms with van der Waals surface area (Å²) < 4.78 is 5.40. The first kappa shape index (κ1) is 22.3. The van der Waals surface area contributed by atoms with Crippen LogP contribution in [0, 0.1) is 0 Å². The van der Waals surface area contributed by atoms with Crippen LogP contribution in [-0.4, -0.2) is 28.6 Å². The molecule has 0 aliphatic heterocycles. The summed E-state index contributed by atoms with van der Waals surface area (Å²) in [5.41, 5.74) is 1.84. The molecule has 152 valence electrons. The summed E-state index contributed by atoms with van der Waals surface area (Å²) in [7, 11) is 0. The number of rotatable bonds is 6. The molecule has 2 aromatic carbocycles. The minimum atomic E-state index is -0.334. The van der Waals surface area contributed by atoms with Crippen LogP contribution < -0.4 is 26.0 Å². The Kier molecular flexibility index (Phi) is 8.50. The Morgan fingerprint density at radius 3 is 2.03 bits per heavy atom. The lowest BCUT2D eigenvalue weighted by molar-refractivity contribution is -0.119. The summed E-state index contributed by atoms with van der Waals surface area (Å²) >= 11 is 10.3. The van der Waals surface area contributed by atoms with Crippen molar-refractivity contribution in [2.24, 2.45) is 0 Å². The van der Waals surface area contributed by atoms with Crippen LogP contribution in [0.25, 0.3) is 0 Å². The minimum Gasteiger partial charge on any atom is -0.494 e. The predicted octanol–water partition coefficient (Wildman–Crippen LogP) is 3.44. The second-order valence-electron chi connectivity index (χ2n) is 5.80. The van der Waals surface area contributed by atoms with Crippen molar-refractivity contribution in [1.82, 2.24) is 10.6 Å². The predicted molar refractivity (Wildman–Crippen MR) is 122 cm³/mol. The molecular weight excluding hydrogens is 408 g/mol. The zero-order valence-corrected chi connectivity index (χ0v) is 17.7. The minimum absolute atomic E-state index is 0.159. The topological polar surface area (TPSA) is 91.5 Å². The third-order valence-electron chi connectivity index (χ3n) is 3.61. The Morgan fingerprint density at radius 2 is 1.48 bits per heavy atom. The van der Waals surface area contributed by atoms with Crippen LogP contribution in [0.15, 0.2) is 48.5 Å². The van der Waals surface area contributed by atoms with Gasteiger partial charge in [0.25, 0.3) is 5.91 Å². The van der Waals surface area contributed by atoms with Crippen molar-refractivity contribution < 1.29 is 14.3 Å². The van der Waals surface area contributed by atoms with E-state index in [0.29, 0.717) is 35.7 Å². The van der Waals surface area contributed by atoms with Gasteiger partial charge in [0, 0.05) is 23.4 Å². The van der Waals surface area contributed by atoms with E-state index in [2.05, 4.69) is 21.3 Å². The van der Waals surface area contributed by atoms with Crippen molar-refractivity contribution in [3.8, 4) is 5.75 Å². The summed E-state index contributed by atoms with van der Waals surface area (Å²) in [5.74, 6) is 0.128. The highest BCUT2D eigenvalue weighted by molar-refractivity contribution is 7.80. The van der Waals surface area contributed by atoms with Gasteiger partial charge in [0.1, 0.15) is 5.75 Å². The summed E-state index contributed by atoms with van der Waals surface area (Å²) in [6, 6.07) is 13.9. The van der Waals surface area contributed by atoms with Crippen molar-refractivity contribution in [3.63, 3.8) is 0 Å². The smallest absolute Gasteiger partial charge is 0.257 e. The van der Waals surface area contributed by atoms with E-state index in [1.807, 2.05) is 6.92 Å². The Morgan fingerprint density at radius 1 is 0.897 bits per heavy atom. The highest BCUT2D eigenvalue weighted by Gasteiger charge is 2.09. The summed E-state index contributed by atoms with van der Waals surface area (Å²) in [6.07, 6.45) is 0.351. The quantitative estimate of drug-likeness (QED) is 0.522. The lowest BCUT2D eigenvalue weighted by Crippen LogP contribution is -2.34. The molecule has 2 amide bonds. The second-order valence-corrected chi connectivity index (χ2v) is 6.62. The molecule has 29 heavy (non-hydrogen) atoms. The van der Waals surface area contributed by atoms with Crippen LogP contribution >= 0.6 is 24.4 Å². The summed E-state index contributed by atoms with van der Waals surface area (Å²) in [4.78, 5) is 23.7. The maximum Gasteiger partial charge on any atom is 0.257 e. The van der Waals surface area contributed by atoms with E-state index in [4.69, 9.17) is 29.2 Å². The molecular formula is C20H22N4O3S2. The molecule has 0 saturated carbocycles. The standard InChI is InChI=1S/C20H22N4O3S2/c1-3-17(25)23-19(28)21-14-8-10-15(11-9-14)22-20(29)24-18(26)13-6-5-7-16(12-13)27-4-2/h5-12H,3-4H2,1-2H3,(H2,21,23,25,28)(H2,22,24,26,29). The average Bonchev–Trinajstić information content (AvgIpc) is 2.69. The van der Waals surface area contributed by atoms with Gasteiger partial charge in [0.05, 0.1) is 6.61 Å². The number of nitrogens with one attached hydrogen (secondary N) is 4. The van der Waals surface area contributed by atoms with Gasteiger partial charge in [-0.3, -0.25) is 14.9 Å². The molecule has 4 N–H and O–H groups in total. The Bertz CT molecular complexity index is 901. The van der Waals surface area contributed by atoms with Crippen LogP contribution in [0.5, 0.6) is 5.75 Å². The summed E-state index contributed by atoms with van der Waals surface area (Å²) in [6.45, 7) is 4.14. The maximum absolute atomic E-state index is 12.3. The fourth-order valence-corrected chi connectivity index (χ4v) is 2.69. The van der Waals surface area contributed by atoms with E-state index in [-0.39, 0.29) is 22.0 Å². The van der Waals surface area contributed by atoms with Crippen molar-refractivity contribution >= 4 is 57.8 Å². The van der Waals surface area contributed by atoms with E-state index < -0.39 is 0 Å². The molecule has 0 aliphatic rings. The first-order valence-corrected chi connectivity index (χ1v) is 9.79. The van der Waals surface area contributed by atoms with Crippen LogP contribution in [0.3, 0.4) is 0 Å². The molecule has 0 radical (unpaired) electrons. The number of hydrogen-bond donors (Lipinski definition) is 4. The van der Waals surface area contributed by atoms with Gasteiger partial charge >= 0.3 is 0 Å². The molecule has 0 bridgehead atoms. The van der Waals surface area contributed by atoms with Crippen molar-refractivity contribution in [3.05, 3.63) is 54.1 Å². The highest BCUT2D eigenvalue weighted by atomic mass is 32.1. The maximum atomic E-state index is 12.3. The molecule has 0 aliphatic carbocycles. The van der Waals surface area contributed by atoms with Crippen LogP contribution in [0.4, 0.5) is 11.4 Å². The first-order chi connectivity index (χ1) is 13.9. The molecule has 0 aromatic heterocycles. The van der Waals surface area contributed by atoms with Crippen LogP contribution in [-0.2, 0) is 4.79 Å². The molecule has 0 heterocycles. The Labute approximate surface area is 180 Å². The van der Waals surface area contributed by atoms with E-state index >= 15 is 0 Å². The molecule has 0 unspecified atom stereocenters. The van der Waals surface area contributed by atoms with Gasteiger partial charge in [-0.1, -0.05) is 13.0 Å². The van der Waals surface area contributed by atoms with Gasteiger partial charge in [0.15, 0.2) is 10.2 Å². The SMILES string of the molecule is CCOc1cccc(C(=O)NC(=S)Nc2ccc(NC(=S)NC(=O)CC)cc2)c1. The normalized spacial score (nSPS) is 9.86. The molecule has 0 fully saturated rings. The molecule has 0 spiro atoms. The monoisotopic (exact) mass is 430 g/mol. The van der Waals surface area contributed by atoms with Gasteiger partial charge in [-0.25, -0.2) is 0 Å². The first-order valence-electron chi connectivity index (χ1n) is 8.97. The zero-order chi connectivity index (χ0) is 21.2. The van der Waals surface area contributed by atoms with Gasteiger partial charge < -0.3 is 20.7 Å². The second kappa shape index (κ2) is 11.1. The fraction of sp³-hybridized carbons (Fsp3) is 0.200. The van der Waals surface area contributed by atoms with E-state index in [0.717, 1.165) is 0 Å². The van der Waals surface area contributed by atoms with Crippen molar-refractivity contribution in [2.75, 3.05) is 17.2 Å². The molecule has 0 atom stereocenters. The van der Waals surface area contributed by atoms with Crippen molar-refractivity contribution in [2.45, 2.75) is 20.3 Å². The fourth-order valence-electron chi connectivity index (χ4n) is 2.25. The number of thiocarbonyl (C=S) groups is 2. The number of ether oxygens (including phenoxy) is 1. The van der Waals surface area contributed by atoms with Crippen LogP contribution in [0.1, 0.15) is 30.6 Å². The largest absolute Gasteiger partial charge is 0.494 e. The molecule has 2 aromatic rings. The molecule has 2 rings (SSSR count). The van der Waals surface area contributed by atoms with Gasteiger partial charge in [0.2, 0.25) is 5.91 Å². The number of benzene rings is 2. The lowest BCUT2D eigenvalue weighted by Gasteiger charge is -2.12. The van der Waals surface area contributed by atoms with Crippen molar-refractivity contribution in [1.29, 1.82) is 0 Å². The average molecular weight is 431 g/mol. The Balaban J connectivity index is 1.89. The Hall–Kier alpha value is -3.04. The number of carbonyl (C=O) groups excluding carboxylic acids is 2. The highest BCUT2D eigenvalue weighted by Crippen LogP contribution is 2.15. The van der Waals surface area contributed by atoms with Crippen LogP contribution in [0.2, 0.25) is 0 Å². The van der Waals surface area contributed by atoms with E-state index in [1.54, 1.807) is 55.5 Å². The molecule has 7 nitrogen and oxygen atoms in total. The van der Waals surface area contributed by atoms with Gasteiger partial charge in [-0.15, -0.1) is 0 Å². The zero-order valence-electron chi connectivity index (χ0n) is 16.1. The van der Waals surface area contributed by atoms with Gasteiger partial charge in [-0.2, -0.15) is 0 Å². The summed E-state index contributed by atoms with van der Waals surface area (Å²) in [5, 5.41) is 11.5. The third kappa shape index (κ3) is 7.47. The van der Waals surface area contributed by atoms with Gasteiger partial charge in [-0.05, 0) is 73.8 Å².